The zero-order chi connectivity index (χ0) is 23.9. The number of alkyl halides is 3. The molecular weight excluding hydrogens is 453 g/mol. The first kappa shape index (κ1) is 22.1. The maximum atomic E-state index is 13.2. The van der Waals surface area contributed by atoms with Crippen molar-refractivity contribution in [2.75, 3.05) is 13.2 Å². The van der Waals surface area contributed by atoms with Gasteiger partial charge in [-0.05, 0) is 37.1 Å². The Hall–Kier alpha value is -3.76. The predicted octanol–water partition coefficient (Wildman–Crippen LogP) is 3.02. The van der Waals surface area contributed by atoms with Gasteiger partial charge in [0.25, 0.3) is 5.91 Å². The van der Waals surface area contributed by atoms with Crippen molar-refractivity contribution in [3.05, 3.63) is 64.6 Å². The first-order chi connectivity index (χ1) is 16.3. The highest BCUT2D eigenvalue weighted by molar-refractivity contribution is 5.81. The number of aromatic nitrogens is 3. The Morgan fingerprint density at radius 3 is 2.62 bits per heavy atom. The Kier molecular flexibility index (Phi) is 5.54. The summed E-state index contributed by atoms with van der Waals surface area (Å²) in [6.07, 6.45) is -3.82. The zero-order valence-corrected chi connectivity index (χ0v) is 17.9. The van der Waals surface area contributed by atoms with Gasteiger partial charge < -0.3 is 14.8 Å². The Balaban J connectivity index is 1.29. The summed E-state index contributed by atoms with van der Waals surface area (Å²) in [6.45, 7) is 0.198. The van der Waals surface area contributed by atoms with Crippen molar-refractivity contribution in [3.8, 4) is 22.9 Å². The van der Waals surface area contributed by atoms with Crippen LogP contribution in [0.2, 0.25) is 0 Å². The lowest BCUT2D eigenvalue weighted by molar-refractivity contribution is -0.137. The van der Waals surface area contributed by atoms with Crippen molar-refractivity contribution in [2.24, 2.45) is 0 Å². The van der Waals surface area contributed by atoms with Gasteiger partial charge in [0.2, 0.25) is 6.10 Å². The van der Waals surface area contributed by atoms with Crippen LogP contribution in [0.1, 0.15) is 24.4 Å². The molecule has 178 valence electrons. The number of hydrogen-bond donors (Lipinski definition) is 1. The third kappa shape index (κ3) is 4.37. The van der Waals surface area contributed by atoms with Crippen molar-refractivity contribution in [1.82, 2.24) is 19.7 Å². The summed E-state index contributed by atoms with van der Waals surface area (Å²) in [5, 5.41) is 7.00. The molecule has 1 unspecified atom stereocenters. The van der Waals surface area contributed by atoms with E-state index in [1.165, 1.54) is 21.4 Å². The number of amides is 1. The Morgan fingerprint density at radius 2 is 1.88 bits per heavy atom. The highest BCUT2D eigenvalue weighted by atomic mass is 19.4. The molecule has 11 heteroatoms. The second-order valence-electron chi connectivity index (χ2n) is 8.16. The molecule has 3 aromatic rings. The predicted molar refractivity (Wildman–Crippen MR) is 115 cm³/mol. The molecule has 2 aliphatic rings. The van der Waals surface area contributed by atoms with Crippen LogP contribution < -0.4 is 20.5 Å². The van der Waals surface area contributed by atoms with Gasteiger partial charge in [-0.15, -0.1) is 5.10 Å². The zero-order valence-electron chi connectivity index (χ0n) is 17.9. The Labute approximate surface area is 191 Å². The summed E-state index contributed by atoms with van der Waals surface area (Å²) in [7, 11) is 0. The summed E-state index contributed by atoms with van der Waals surface area (Å²) >= 11 is 0. The number of fused-ring (bicyclic) bond motifs is 1. The van der Waals surface area contributed by atoms with Crippen LogP contribution in [0.15, 0.2) is 53.3 Å². The number of ether oxygens (including phenoxy) is 2. The SMILES string of the molecule is O=C(NCCn1nc(-c2cccc(C(F)(F)F)c2)n(C2CC2)c1=O)C1COc2ccccc2O1. The smallest absolute Gasteiger partial charge is 0.416 e. The third-order valence-corrected chi connectivity index (χ3v) is 5.65. The van der Waals surface area contributed by atoms with Crippen LogP contribution in [0.3, 0.4) is 0 Å². The van der Waals surface area contributed by atoms with E-state index >= 15 is 0 Å². The minimum atomic E-state index is -4.50. The maximum absolute atomic E-state index is 13.2. The molecule has 2 heterocycles. The van der Waals surface area contributed by atoms with Crippen molar-refractivity contribution in [1.29, 1.82) is 0 Å². The van der Waals surface area contributed by atoms with E-state index < -0.39 is 29.4 Å². The van der Waals surface area contributed by atoms with Gasteiger partial charge in [-0.2, -0.15) is 13.2 Å². The standard InChI is InChI=1S/C23H21F3N4O4/c24-23(25,26)15-5-3-4-14(12-15)20-28-29(22(32)30(20)16-8-9-16)11-10-27-21(31)19-13-33-17-6-1-2-7-18(17)34-19/h1-7,12,16,19H,8-11,13H2,(H,27,31). The molecule has 8 nitrogen and oxygen atoms in total. The van der Waals surface area contributed by atoms with Gasteiger partial charge in [0.05, 0.1) is 12.1 Å². The molecule has 1 aliphatic carbocycles. The number of rotatable bonds is 6. The van der Waals surface area contributed by atoms with E-state index in [9.17, 15) is 22.8 Å². The monoisotopic (exact) mass is 474 g/mol. The highest BCUT2D eigenvalue weighted by Crippen LogP contribution is 2.38. The number of nitrogens with zero attached hydrogens (tertiary/aromatic N) is 3. The summed E-state index contributed by atoms with van der Waals surface area (Å²) in [6, 6.07) is 11.7. The number of benzene rings is 2. The fourth-order valence-electron chi connectivity index (χ4n) is 3.81. The molecule has 1 fully saturated rings. The maximum Gasteiger partial charge on any atom is 0.416 e. The van der Waals surface area contributed by atoms with Crippen LogP contribution in [-0.4, -0.2) is 39.5 Å². The number of hydrogen-bond acceptors (Lipinski definition) is 5. The van der Waals surface area contributed by atoms with E-state index in [1.54, 1.807) is 24.3 Å². The number of para-hydroxylation sites is 2. The Bertz CT molecular complexity index is 1280. The molecule has 0 saturated heterocycles. The first-order valence-corrected chi connectivity index (χ1v) is 10.8. The number of carbonyl (C=O) groups is 1. The number of halogens is 3. The molecule has 1 aromatic heterocycles. The largest absolute Gasteiger partial charge is 0.485 e. The average molecular weight is 474 g/mol. The Morgan fingerprint density at radius 1 is 1.12 bits per heavy atom. The third-order valence-electron chi connectivity index (χ3n) is 5.65. The fourth-order valence-corrected chi connectivity index (χ4v) is 3.81. The molecule has 1 atom stereocenters. The average Bonchev–Trinajstić information content (AvgIpc) is 3.61. The molecule has 0 bridgehead atoms. The summed E-state index contributed by atoms with van der Waals surface area (Å²) in [5.41, 5.74) is -1.01. The minimum Gasteiger partial charge on any atom is -0.485 e. The molecule has 1 aliphatic heterocycles. The first-order valence-electron chi connectivity index (χ1n) is 10.8. The summed E-state index contributed by atoms with van der Waals surface area (Å²) in [4.78, 5) is 25.4. The van der Waals surface area contributed by atoms with Gasteiger partial charge in [-0.3, -0.25) is 9.36 Å². The van der Waals surface area contributed by atoms with Gasteiger partial charge in [0.15, 0.2) is 17.3 Å². The van der Waals surface area contributed by atoms with Crippen LogP contribution in [0.5, 0.6) is 11.5 Å². The number of carbonyl (C=O) groups excluding carboxylic acids is 1. The second-order valence-corrected chi connectivity index (χ2v) is 8.16. The normalized spacial score (nSPS) is 17.4. The fraction of sp³-hybridized carbons (Fsp3) is 0.348. The minimum absolute atomic E-state index is 0.0544. The lowest BCUT2D eigenvalue weighted by Crippen LogP contribution is -2.45. The molecule has 1 N–H and O–H groups in total. The van der Waals surface area contributed by atoms with Crippen LogP contribution in [0.25, 0.3) is 11.4 Å². The molecule has 1 saturated carbocycles. The van der Waals surface area contributed by atoms with E-state index in [1.807, 2.05) is 0 Å². The molecule has 2 aromatic carbocycles. The van der Waals surface area contributed by atoms with E-state index in [-0.39, 0.29) is 37.1 Å². The lowest BCUT2D eigenvalue weighted by Gasteiger charge is -2.25. The van der Waals surface area contributed by atoms with Crippen molar-refractivity contribution >= 4 is 5.91 Å². The van der Waals surface area contributed by atoms with Crippen molar-refractivity contribution < 1.29 is 27.4 Å². The summed E-state index contributed by atoms with van der Waals surface area (Å²) in [5.74, 6) is 0.817. The number of nitrogens with one attached hydrogen (secondary N) is 1. The molecule has 34 heavy (non-hydrogen) atoms. The summed E-state index contributed by atoms with van der Waals surface area (Å²) < 4.78 is 53.3. The van der Waals surface area contributed by atoms with Gasteiger partial charge >= 0.3 is 11.9 Å². The quantitative estimate of drug-likeness (QED) is 0.594. The molecule has 0 radical (unpaired) electrons. The van der Waals surface area contributed by atoms with Gasteiger partial charge in [-0.25, -0.2) is 9.48 Å². The van der Waals surface area contributed by atoms with Crippen molar-refractivity contribution in [3.63, 3.8) is 0 Å². The van der Waals surface area contributed by atoms with E-state index in [0.29, 0.717) is 11.5 Å². The molecule has 5 rings (SSSR count). The van der Waals surface area contributed by atoms with Crippen LogP contribution >= 0.6 is 0 Å². The van der Waals surface area contributed by atoms with Crippen LogP contribution in [0.4, 0.5) is 13.2 Å². The van der Waals surface area contributed by atoms with Gasteiger partial charge in [0, 0.05) is 18.2 Å². The van der Waals surface area contributed by atoms with Crippen molar-refractivity contribution in [2.45, 2.75) is 37.7 Å². The highest BCUT2D eigenvalue weighted by Gasteiger charge is 2.33. The van der Waals surface area contributed by atoms with E-state index in [2.05, 4.69) is 10.4 Å². The van der Waals surface area contributed by atoms with Gasteiger partial charge in [0.1, 0.15) is 6.61 Å². The molecular formula is C23H21F3N4O4. The van der Waals surface area contributed by atoms with Crippen LogP contribution in [-0.2, 0) is 17.5 Å². The molecule has 1 amide bonds. The second kappa shape index (κ2) is 8.54. The van der Waals surface area contributed by atoms with Crippen LogP contribution in [0, 0.1) is 0 Å². The van der Waals surface area contributed by atoms with E-state index in [0.717, 1.165) is 25.0 Å². The topological polar surface area (TPSA) is 87.4 Å². The molecule has 0 spiro atoms. The lowest BCUT2D eigenvalue weighted by atomic mass is 10.1. The van der Waals surface area contributed by atoms with E-state index in [4.69, 9.17) is 9.47 Å². The van der Waals surface area contributed by atoms with Gasteiger partial charge in [-0.1, -0.05) is 24.3 Å².